The van der Waals surface area contributed by atoms with Crippen molar-refractivity contribution in [3.8, 4) is 0 Å². The van der Waals surface area contributed by atoms with Crippen molar-refractivity contribution in [3.63, 3.8) is 0 Å². The number of benzene rings is 1. The molecule has 1 aliphatic heterocycles. The zero-order valence-corrected chi connectivity index (χ0v) is 13.8. The molecule has 0 saturated carbocycles. The van der Waals surface area contributed by atoms with Gasteiger partial charge in [-0.25, -0.2) is 0 Å². The summed E-state index contributed by atoms with van der Waals surface area (Å²) in [7, 11) is 1.77. The highest BCUT2D eigenvalue weighted by Crippen LogP contribution is 2.28. The fraction of sp³-hybridized carbons (Fsp3) is 0.467. The topological polar surface area (TPSA) is 40.6 Å². The first-order valence-corrected chi connectivity index (χ1v) is 7.38. The Bertz CT molecular complexity index is 569. The molecule has 0 unspecified atom stereocenters. The van der Waals surface area contributed by atoms with E-state index in [4.69, 9.17) is 0 Å². The highest BCUT2D eigenvalue weighted by atomic mass is 79.9. The smallest absolute Gasteiger partial charge is 0.255 e. The largest absolute Gasteiger partial charge is 0.342 e. The summed E-state index contributed by atoms with van der Waals surface area (Å²) in [5, 5.41) is 0. The lowest BCUT2D eigenvalue weighted by Crippen LogP contribution is -2.63. The van der Waals surface area contributed by atoms with E-state index < -0.39 is 5.54 Å². The SMILES string of the molecule is Cc1cccc(C(=O)N2CCN(C)C(=O)C2(C)C)c1Br. The van der Waals surface area contributed by atoms with Gasteiger partial charge in [0.15, 0.2) is 0 Å². The molecule has 1 fully saturated rings. The number of amides is 2. The van der Waals surface area contributed by atoms with Gasteiger partial charge in [-0.1, -0.05) is 12.1 Å². The van der Waals surface area contributed by atoms with Gasteiger partial charge in [0.05, 0.1) is 5.56 Å². The van der Waals surface area contributed by atoms with Crippen LogP contribution in [0.5, 0.6) is 0 Å². The summed E-state index contributed by atoms with van der Waals surface area (Å²) in [6.45, 7) is 6.66. The Morgan fingerprint density at radius 2 is 1.95 bits per heavy atom. The van der Waals surface area contributed by atoms with Crippen molar-refractivity contribution in [2.24, 2.45) is 0 Å². The van der Waals surface area contributed by atoms with E-state index in [1.807, 2.05) is 19.1 Å². The minimum absolute atomic E-state index is 0.0270. The van der Waals surface area contributed by atoms with Crippen molar-refractivity contribution in [2.45, 2.75) is 26.3 Å². The number of hydrogen-bond donors (Lipinski definition) is 0. The number of piperazine rings is 1. The van der Waals surface area contributed by atoms with E-state index in [0.29, 0.717) is 18.7 Å². The number of rotatable bonds is 1. The van der Waals surface area contributed by atoms with E-state index in [2.05, 4.69) is 15.9 Å². The fourth-order valence-corrected chi connectivity index (χ4v) is 2.96. The lowest BCUT2D eigenvalue weighted by Gasteiger charge is -2.44. The number of aryl methyl sites for hydroxylation is 1. The van der Waals surface area contributed by atoms with Crippen LogP contribution in [0.3, 0.4) is 0 Å². The zero-order valence-electron chi connectivity index (χ0n) is 12.2. The van der Waals surface area contributed by atoms with E-state index >= 15 is 0 Å². The molecule has 4 nitrogen and oxygen atoms in total. The maximum atomic E-state index is 12.8. The fourth-order valence-electron chi connectivity index (χ4n) is 2.53. The van der Waals surface area contributed by atoms with Gasteiger partial charge in [0.25, 0.3) is 5.91 Å². The second-order valence-electron chi connectivity index (χ2n) is 5.68. The van der Waals surface area contributed by atoms with Crippen LogP contribution in [0.4, 0.5) is 0 Å². The van der Waals surface area contributed by atoms with Crippen LogP contribution in [0.25, 0.3) is 0 Å². The molecule has 1 aromatic carbocycles. The standard InChI is InChI=1S/C15H19BrN2O2/c1-10-6-5-7-11(12(10)16)13(19)18-9-8-17(4)14(20)15(18,2)3/h5-7H,8-9H2,1-4H3. The Hall–Kier alpha value is -1.36. The lowest BCUT2D eigenvalue weighted by atomic mass is 9.96. The molecule has 1 saturated heterocycles. The van der Waals surface area contributed by atoms with Crippen LogP contribution in [0.2, 0.25) is 0 Å². The van der Waals surface area contributed by atoms with Crippen LogP contribution >= 0.6 is 15.9 Å². The monoisotopic (exact) mass is 338 g/mol. The lowest BCUT2D eigenvalue weighted by molar-refractivity contribution is -0.144. The highest BCUT2D eigenvalue weighted by Gasteiger charge is 2.43. The van der Waals surface area contributed by atoms with Gasteiger partial charge in [-0.3, -0.25) is 9.59 Å². The van der Waals surface area contributed by atoms with E-state index in [0.717, 1.165) is 10.0 Å². The third-order valence-corrected chi connectivity index (χ3v) is 4.92. The highest BCUT2D eigenvalue weighted by molar-refractivity contribution is 9.10. The first kappa shape index (κ1) is 15.0. The molecule has 2 amide bonds. The second-order valence-corrected chi connectivity index (χ2v) is 6.47. The molecule has 0 atom stereocenters. The first-order chi connectivity index (χ1) is 9.26. The minimum atomic E-state index is -0.812. The van der Waals surface area contributed by atoms with E-state index in [1.54, 1.807) is 36.8 Å². The van der Waals surface area contributed by atoms with E-state index in [1.165, 1.54) is 0 Å². The van der Waals surface area contributed by atoms with Crippen molar-refractivity contribution in [3.05, 3.63) is 33.8 Å². The minimum Gasteiger partial charge on any atom is -0.342 e. The molecule has 5 heteroatoms. The molecule has 0 aromatic heterocycles. The molecule has 1 aliphatic rings. The molecule has 108 valence electrons. The number of likely N-dealkylation sites (N-methyl/N-ethyl adjacent to an activating group) is 1. The molecule has 20 heavy (non-hydrogen) atoms. The van der Waals surface area contributed by atoms with E-state index in [9.17, 15) is 9.59 Å². The predicted molar refractivity (Wildman–Crippen MR) is 81.6 cm³/mol. The Kier molecular flexibility index (Phi) is 3.91. The maximum Gasteiger partial charge on any atom is 0.255 e. The number of carbonyl (C=O) groups is 2. The van der Waals surface area contributed by atoms with Crippen LogP contribution < -0.4 is 0 Å². The van der Waals surface area contributed by atoms with Crippen molar-refractivity contribution < 1.29 is 9.59 Å². The van der Waals surface area contributed by atoms with Gasteiger partial charge in [-0.2, -0.15) is 0 Å². The van der Waals surface area contributed by atoms with Crippen LogP contribution in [0, 0.1) is 6.92 Å². The van der Waals surface area contributed by atoms with Gasteiger partial charge in [0.2, 0.25) is 5.91 Å². The molecule has 0 spiro atoms. The summed E-state index contributed by atoms with van der Waals surface area (Å²) in [5.74, 6) is -0.132. The summed E-state index contributed by atoms with van der Waals surface area (Å²) < 4.78 is 0.798. The van der Waals surface area contributed by atoms with Crippen molar-refractivity contribution in [2.75, 3.05) is 20.1 Å². The molecule has 1 heterocycles. The van der Waals surface area contributed by atoms with Gasteiger partial charge >= 0.3 is 0 Å². The van der Waals surface area contributed by atoms with Gasteiger partial charge in [-0.05, 0) is 48.3 Å². The third kappa shape index (κ3) is 2.35. The summed E-state index contributed by atoms with van der Waals surface area (Å²) in [6.07, 6.45) is 0. The van der Waals surface area contributed by atoms with Gasteiger partial charge in [-0.15, -0.1) is 0 Å². The van der Waals surface area contributed by atoms with Crippen molar-refractivity contribution in [1.29, 1.82) is 0 Å². The average molecular weight is 339 g/mol. The first-order valence-electron chi connectivity index (χ1n) is 6.59. The van der Waals surface area contributed by atoms with Crippen LogP contribution in [0.1, 0.15) is 29.8 Å². The van der Waals surface area contributed by atoms with E-state index in [-0.39, 0.29) is 11.8 Å². The van der Waals surface area contributed by atoms with Crippen LogP contribution in [-0.4, -0.2) is 47.3 Å². The second kappa shape index (κ2) is 5.20. The number of carbonyl (C=O) groups excluding carboxylic acids is 2. The quantitative estimate of drug-likeness (QED) is 0.789. The molecule has 0 aliphatic carbocycles. The Morgan fingerprint density at radius 3 is 2.60 bits per heavy atom. The summed E-state index contributed by atoms with van der Waals surface area (Å²) in [4.78, 5) is 28.4. The molecule has 0 radical (unpaired) electrons. The number of nitrogens with zero attached hydrogens (tertiary/aromatic N) is 2. The summed E-state index contributed by atoms with van der Waals surface area (Å²) in [6, 6.07) is 5.59. The van der Waals surface area contributed by atoms with Gasteiger partial charge in [0.1, 0.15) is 5.54 Å². The molecular formula is C15H19BrN2O2. The molecule has 2 rings (SSSR count). The zero-order chi connectivity index (χ0) is 15.1. The van der Waals surface area contributed by atoms with Gasteiger partial charge in [0, 0.05) is 24.6 Å². The van der Waals surface area contributed by atoms with Gasteiger partial charge < -0.3 is 9.80 Å². The third-order valence-electron chi connectivity index (χ3n) is 3.87. The Morgan fingerprint density at radius 1 is 1.30 bits per heavy atom. The number of hydrogen-bond acceptors (Lipinski definition) is 2. The van der Waals surface area contributed by atoms with Crippen molar-refractivity contribution >= 4 is 27.7 Å². The normalized spacial score (nSPS) is 18.4. The predicted octanol–water partition coefficient (Wildman–Crippen LogP) is 2.45. The average Bonchev–Trinajstić information content (AvgIpc) is 2.39. The molecular weight excluding hydrogens is 320 g/mol. The summed E-state index contributed by atoms with van der Waals surface area (Å²) >= 11 is 3.47. The summed E-state index contributed by atoms with van der Waals surface area (Å²) in [5.41, 5.74) is 0.803. The Labute approximate surface area is 127 Å². The number of halogens is 1. The van der Waals surface area contributed by atoms with Crippen LogP contribution in [0.15, 0.2) is 22.7 Å². The Balaban J connectivity index is 2.38. The molecule has 1 aromatic rings. The molecule has 0 N–H and O–H groups in total. The van der Waals surface area contributed by atoms with Crippen LogP contribution in [-0.2, 0) is 4.79 Å². The molecule has 0 bridgehead atoms. The van der Waals surface area contributed by atoms with Crippen molar-refractivity contribution in [1.82, 2.24) is 9.80 Å². The maximum absolute atomic E-state index is 12.8.